The van der Waals surface area contributed by atoms with Gasteiger partial charge in [0.15, 0.2) is 22.1 Å². The molecule has 0 unspecified atom stereocenters. The maximum Gasteiger partial charge on any atom is 0.152 e. The zero-order chi connectivity index (χ0) is 9.07. The molecule has 0 saturated heterocycles. The summed E-state index contributed by atoms with van der Waals surface area (Å²) in [6.45, 7) is 0. The molecule has 0 rings (SSSR count). The monoisotopic (exact) mass is 210 g/mol. The second kappa shape index (κ2) is 9.84. The minimum atomic E-state index is 0.716. The average Bonchev–Trinajstić information content (AvgIpc) is 2.10. The molecule has 0 aromatic heterocycles. The van der Waals surface area contributed by atoms with Crippen molar-refractivity contribution in [2.24, 2.45) is 10.4 Å². The summed E-state index contributed by atoms with van der Waals surface area (Å²) in [6, 6.07) is 0. The van der Waals surface area contributed by atoms with Crippen molar-refractivity contribution in [1.82, 2.24) is 11.2 Å². The lowest BCUT2D eigenvalue weighted by atomic mass is 12.6. The molecule has 0 saturated carbocycles. The van der Waals surface area contributed by atoms with E-state index in [0.717, 1.165) is 0 Å². The SMILES string of the molecule is [N-]=[N+]=NNOSSONN=[N+]=[N-]. The second-order valence-corrected chi connectivity index (χ2v) is 2.29. The van der Waals surface area contributed by atoms with Gasteiger partial charge in [0.05, 0.1) is 0 Å². The largest absolute Gasteiger partial charge is 0.167 e. The van der Waals surface area contributed by atoms with Gasteiger partial charge in [-0.15, -0.1) is 30.8 Å². The molecule has 0 aliphatic heterocycles. The molecule has 12 heavy (non-hydrogen) atoms. The van der Waals surface area contributed by atoms with Crippen molar-refractivity contribution in [3.05, 3.63) is 20.9 Å². The molecule has 0 aliphatic carbocycles. The van der Waals surface area contributed by atoms with Crippen LogP contribution >= 0.6 is 22.1 Å². The lowest BCUT2D eigenvalue weighted by molar-refractivity contribution is 0.235. The summed E-state index contributed by atoms with van der Waals surface area (Å²) < 4.78 is 8.73. The second-order valence-electron chi connectivity index (χ2n) is 0.864. The Bertz CT molecular complexity index is 169. The Balaban J connectivity index is 3.00. The normalized spacial score (nSPS) is 7.67. The van der Waals surface area contributed by atoms with Crippen molar-refractivity contribution in [2.75, 3.05) is 0 Å². The molecule has 0 atom stereocenters. The Labute approximate surface area is 73.9 Å². The first-order valence-electron chi connectivity index (χ1n) is 2.16. The average molecular weight is 210 g/mol. The van der Waals surface area contributed by atoms with Gasteiger partial charge in [0, 0.05) is 10.4 Å². The molecule has 0 radical (unpaired) electrons. The van der Waals surface area contributed by atoms with Crippen LogP contribution in [0, 0.1) is 0 Å². The summed E-state index contributed by atoms with van der Waals surface area (Å²) in [5.41, 5.74) is 19.2. The zero-order valence-electron chi connectivity index (χ0n) is 5.32. The molecule has 2 N–H and O–H groups in total. The molecule has 12 heteroatoms. The molecule has 10 nitrogen and oxygen atoms in total. The molecule has 66 valence electrons. The number of nitrogens with zero attached hydrogens (tertiary/aromatic N) is 6. The third kappa shape index (κ3) is 8.84. The number of hydrogen-bond donors (Lipinski definition) is 2. The first kappa shape index (κ1) is 10.8. The zero-order valence-corrected chi connectivity index (χ0v) is 6.95. The van der Waals surface area contributed by atoms with Crippen LogP contribution in [-0.2, 0) is 8.57 Å². The first-order valence-corrected chi connectivity index (χ1v) is 4.16. The van der Waals surface area contributed by atoms with Gasteiger partial charge < -0.3 is 0 Å². The maximum absolute atomic E-state index is 7.74. The highest BCUT2D eigenvalue weighted by molar-refractivity contribution is 8.73. The Morgan fingerprint density at radius 2 is 1.42 bits per heavy atom. The molecule has 0 aromatic rings. The highest BCUT2D eigenvalue weighted by Crippen LogP contribution is 2.20. The van der Waals surface area contributed by atoms with Crippen molar-refractivity contribution < 1.29 is 8.57 Å². The van der Waals surface area contributed by atoms with Crippen molar-refractivity contribution in [1.29, 1.82) is 0 Å². The minimum absolute atomic E-state index is 0.716. The van der Waals surface area contributed by atoms with Crippen molar-refractivity contribution in [2.45, 2.75) is 0 Å². The fourth-order valence-corrected chi connectivity index (χ4v) is 0.660. The van der Waals surface area contributed by atoms with Crippen LogP contribution in [0.1, 0.15) is 0 Å². The van der Waals surface area contributed by atoms with E-state index in [1.54, 1.807) is 0 Å². The smallest absolute Gasteiger partial charge is 0.152 e. The van der Waals surface area contributed by atoms with E-state index in [4.69, 9.17) is 11.1 Å². The Morgan fingerprint density at radius 1 is 1.00 bits per heavy atom. The van der Waals surface area contributed by atoms with Crippen molar-refractivity contribution >= 4 is 22.1 Å². The number of hydrogen-bond acceptors (Lipinski definition) is 6. The van der Waals surface area contributed by atoms with Gasteiger partial charge in [-0.25, -0.2) is 0 Å². The molecule has 0 heterocycles. The van der Waals surface area contributed by atoms with Crippen LogP contribution in [0.5, 0.6) is 0 Å². The third-order valence-corrected chi connectivity index (χ3v) is 1.26. The van der Waals surface area contributed by atoms with Crippen molar-refractivity contribution in [3.63, 3.8) is 0 Å². The maximum atomic E-state index is 7.74. The lowest BCUT2D eigenvalue weighted by Gasteiger charge is -1.91. The van der Waals surface area contributed by atoms with Gasteiger partial charge in [0.1, 0.15) is 0 Å². The van der Waals surface area contributed by atoms with Gasteiger partial charge in [-0.3, -0.25) is 0 Å². The van der Waals surface area contributed by atoms with Gasteiger partial charge in [0.25, 0.3) is 0 Å². The van der Waals surface area contributed by atoms with E-state index in [1.807, 2.05) is 11.2 Å². The molecule has 0 bridgehead atoms. The summed E-state index contributed by atoms with van der Waals surface area (Å²) in [7, 11) is 0. The Morgan fingerprint density at radius 3 is 1.75 bits per heavy atom. The van der Waals surface area contributed by atoms with Crippen LogP contribution in [0.4, 0.5) is 0 Å². The Hall–Kier alpha value is -1.16. The third-order valence-electron chi connectivity index (χ3n) is 0.341. The summed E-state index contributed by atoms with van der Waals surface area (Å²) >= 11 is 1.43. The van der Waals surface area contributed by atoms with Crippen LogP contribution in [0.15, 0.2) is 10.4 Å². The van der Waals surface area contributed by atoms with Crippen LogP contribution in [0.2, 0.25) is 0 Å². The predicted molar refractivity (Wildman–Crippen MR) is 41.9 cm³/mol. The summed E-state index contributed by atoms with van der Waals surface area (Å²) in [5.74, 6) is 0. The molecule has 0 spiro atoms. The summed E-state index contributed by atoms with van der Waals surface area (Å²) in [5, 5.41) is 5.64. The molecule has 0 amide bonds. The predicted octanol–water partition coefficient (Wildman–Crippen LogP) is 1.69. The number of nitrogens with one attached hydrogen (secondary N) is 2. The van der Waals surface area contributed by atoms with E-state index in [-0.39, 0.29) is 0 Å². The first-order chi connectivity index (χ1) is 5.91. The standard InChI is InChI=1S/H2N8O2S2/c1-3-5-7-9-11-12-10-8-6-4-2/h7-8H. The highest BCUT2D eigenvalue weighted by atomic mass is 33.1. The topological polar surface area (TPSA) is 140 Å². The van der Waals surface area contributed by atoms with Crippen LogP contribution in [0.25, 0.3) is 20.9 Å². The van der Waals surface area contributed by atoms with Crippen LogP contribution < -0.4 is 11.2 Å². The van der Waals surface area contributed by atoms with Crippen molar-refractivity contribution in [3.8, 4) is 0 Å². The van der Waals surface area contributed by atoms with Gasteiger partial charge >= 0.3 is 0 Å². The van der Waals surface area contributed by atoms with Gasteiger partial charge in [0.2, 0.25) is 0 Å². The molecule has 0 aromatic carbocycles. The van der Waals surface area contributed by atoms with Gasteiger partial charge in [-0.05, 0) is 0 Å². The van der Waals surface area contributed by atoms with Crippen LogP contribution in [-0.4, -0.2) is 0 Å². The van der Waals surface area contributed by atoms with E-state index in [1.165, 1.54) is 0 Å². The van der Waals surface area contributed by atoms with Gasteiger partial charge in [-0.1, -0.05) is 0 Å². The quantitative estimate of drug-likeness (QED) is 0.124. The van der Waals surface area contributed by atoms with E-state index in [9.17, 15) is 0 Å². The fourth-order valence-electron chi connectivity index (χ4n) is 0.128. The van der Waals surface area contributed by atoms with Gasteiger partial charge in [-0.2, -0.15) is 9.82 Å². The Kier molecular flexibility index (Phi) is 8.89. The summed E-state index contributed by atoms with van der Waals surface area (Å²) in [4.78, 5) is 4.65. The van der Waals surface area contributed by atoms with E-state index >= 15 is 0 Å². The van der Waals surface area contributed by atoms with E-state index in [0.29, 0.717) is 22.1 Å². The number of rotatable bonds is 7. The van der Waals surface area contributed by atoms with E-state index < -0.39 is 0 Å². The molecule has 0 fully saturated rings. The molecular formula is H2N8O2S2. The number of azide groups is 2. The highest BCUT2D eigenvalue weighted by Gasteiger charge is 1.92. The van der Waals surface area contributed by atoms with Crippen LogP contribution in [0.3, 0.4) is 0 Å². The molecule has 0 aliphatic rings. The summed E-state index contributed by atoms with van der Waals surface area (Å²) in [6.07, 6.45) is 0. The molecular weight excluding hydrogens is 208 g/mol. The van der Waals surface area contributed by atoms with E-state index in [2.05, 4.69) is 28.8 Å². The minimum Gasteiger partial charge on any atom is -0.167 e. The fraction of sp³-hybridized carbons (Fsp3) is 0. The lowest BCUT2D eigenvalue weighted by Crippen LogP contribution is -1.99.